The maximum absolute atomic E-state index is 4.92. The highest BCUT2D eigenvalue weighted by Gasteiger charge is 2.15. The topological polar surface area (TPSA) is 64.5 Å². The molecule has 0 amide bonds. The van der Waals surface area contributed by atoms with Gasteiger partial charge in [0.2, 0.25) is 0 Å². The van der Waals surface area contributed by atoms with Gasteiger partial charge in [-0.2, -0.15) is 0 Å². The summed E-state index contributed by atoms with van der Waals surface area (Å²) in [6.45, 7) is 0. The quantitative estimate of drug-likeness (QED) is 0.207. The highest BCUT2D eigenvalue weighted by molar-refractivity contribution is 7.26. The second-order valence-corrected chi connectivity index (χ2v) is 11.3. The van der Waals surface area contributed by atoms with Crippen LogP contribution in [-0.4, -0.2) is 24.9 Å². The van der Waals surface area contributed by atoms with Gasteiger partial charge in [-0.1, -0.05) is 97.1 Å². The molecule has 8 aromatic rings. The molecule has 6 heteroatoms. The van der Waals surface area contributed by atoms with E-state index in [2.05, 4.69) is 65.6 Å². The average molecular weight is 570 g/mol. The number of rotatable bonds is 5. The fourth-order valence-corrected chi connectivity index (χ4v) is 6.55. The predicted molar refractivity (Wildman–Crippen MR) is 175 cm³/mol. The lowest BCUT2D eigenvalue weighted by molar-refractivity contribution is 1.07. The minimum atomic E-state index is 0.635. The number of thiophene rings is 1. The van der Waals surface area contributed by atoms with Crippen LogP contribution < -0.4 is 0 Å². The molecule has 0 saturated carbocycles. The highest BCUT2D eigenvalue weighted by Crippen LogP contribution is 2.39. The third kappa shape index (κ3) is 4.74. The van der Waals surface area contributed by atoms with Gasteiger partial charge in [0.15, 0.2) is 17.5 Å². The Labute approximate surface area is 252 Å². The Balaban J connectivity index is 1.22. The predicted octanol–water partition coefficient (Wildman–Crippen LogP) is 9.36. The number of hydrogen-bond acceptors (Lipinski definition) is 6. The summed E-state index contributed by atoms with van der Waals surface area (Å²) in [6, 6.07) is 41.2. The van der Waals surface area contributed by atoms with Crippen LogP contribution >= 0.6 is 11.3 Å². The molecule has 0 radical (unpaired) electrons. The van der Waals surface area contributed by atoms with Crippen LogP contribution in [0.15, 0.2) is 140 Å². The van der Waals surface area contributed by atoms with Crippen molar-refractivity contribution in [3.05, 3.63) is 140 Å². The zero-order chi connectivity index (χ0) is 28.6. The molecule has 0 aliphatic rings. The Bertz CT molecular complexity index is 2190. The molecular formula is C37H23N5S. The van der Waals surface area contributed by atoms with Crippen molar-refractivity contribution in [2.45, 2.75) is 0 Å². The molecule has 8 rings (SSSR count). The van der Waals surface area contributed by atoms with Crippen molar-refractivity contribution < 1.29 is 0 Å². The maximum Gasteiger partial charge on any atom is 0.164 e. The first-order valence-electron chi connectivity index (χ1n) is 14.0. The Morgan fingerprint density at radius 3 is 1.67 bits per heavy atom. The summed E-state index contributed by atoms with van der Waals surface area (Å²) in [5.41, 5.74) is 7.06. The van der Waals surface area contributed by atoms with E-state index in [9.17, 15) is 0 Å². The van der Waals surface area contributed by atoms with Crippen LogP contribution in [0.2, 0.25) is 0 Å². The Kier molecular flexibility index (Phi) is 6.24. The molecule has 0 saturated heterocycles. The molecule has 0 spiro atoms. The monoisotopic (exact) mass is 569 g/mol. The van der Waals surface area contributed by atoms with Gasteiger partial charge in [0, 0.05) is 56.3 Å². The molecule has 0 unspecified atom stereocenters. The lowest BCUT2D eigenvalue weighted by Crippen LogP contribution is -2.00. The summed E-state index contributed by atoms with van der Waals surface area (Å²) in [5, 5.41) is 2.35. The van der Waals surface area contributed by atoms with Crippen LogP contribution in [0.4, 0.5) is 0 Å². The summed E-state index contributed by atoms with van der Waals surface area (Å²) >= 11 is 1.76. The molecule has 0 atom stereocenters. The van der Waals surface area contributed by atoms with Crippen molar-refractivity contribution in [2.75, 3.05) is 0 Å². The second kappa shape index (κ2) is 10.7. The molecular weight excluding hydrogens is 547 g/mol. The zero-order valence-corrected chi connectivity index (χ0v) is 23.7. The molecule has 0 bridgehead atoms. The third-order valence-corrected chi connectivity index (χ3v) is 8.67. The van der Waals surface area contributed by atoms with Gasteiger partial charge in [0.25, 0.3) is 0 Å². The normalized spacial score (nSPS) is 11.3. The van der Waals surface area contributed by atoms with Gasteiger partial charge in [-0.05, 0) is 35.4 Å². The fraction of sp³-hybridized carbons (Fsp3) is 0. The molecule has 0 N–H and O–H groups in total. The van der Waals surface area contributed by atoms with E-state index >= 15 is 0 Å². The van der Waals surface area contributed by atoms with E-state index in [0.717, 1.165) is 44.5 Å². The van der Waals surface area contributed by atoms with Crippen molar-refractivity contribution in [3.8, 4) is 56.5 Å². The van der Waals surface area contributed by atoms with Gasteiger partial charge < -0.3 is 0 Å². The summed E-state index contributed by atoms with van der Waals surface area (Å²) in [4.78, 5) is 23.8. The van der Waals surface area contributed by atoms with E-state index in [4.69, 9.17) is 19.9 Å². The molecule has 5 nitrogen and oxygen atoms in total. The van der Waals surface area contributed by atoms with Crippen LogP contribution in [0.25, 0.3) is 76.7 Å². The van der Waals surface area contributed by atoms with E-state index in [1.165, 1.54) is 14.8 Å². The molecule has 4 aromatic carbocycles. The highest BCUT2D eigenvalue weighted by atomic mass is 32.1. The summed E-state index contributed by atoms with van der Waals surface area (Å²) < 4.78 is 2.38. The summed E-state index contributed by atoms with van der Waals surface area (Å²) in [7, 11) is 0. The van der Waals surface area contributed by atoms with E-state index < -0.39 is 0 Å². The minimum absolute atomic E-state index is 0.635. The Morgan fingerprint density at radius 2 is 1.00 bits per heavy atom. The van der Waals surface area contributed by atoms with Gasteiger partial charge in [-0.3, -0.25) is 9.97 Å². The number of benzene rings is 4. The van der Waals surface area contributed by atoms with Gasteiger partial charge in [-0.25, -0.2) is 15.0 Å². The van der Waals surface area contributed by atoms with E-state index in [1.807, 2.05) is 79.3 Å². The third-order valence-electron chi connectivity index (χ3n) is 7.48. The molecule has 4 aromatic heterocycles. The lowest BCUT2D eigenvalue weighted by atomic mass is 9.99. The largest absolute Gasteiger partial charge is 0.264 e. The van der Waals surface area contributed by atoms with Crippen LogP contribution in [0.5, 0.6) is 0 Å². The molecule has 202 valence electrons. The number of aromatic nitrogens is 5. The Hall–Kier alpha value is -5.59. The fourth-order valence-electron chi connectivity index (χ4n) is 5.37. The smallest absolute Gasteiger partial charge is 0.164 e. The molecule has 4 heterocycles. The average Bonchev–Trinajstić information content (AvgIpc) is 3.48. The summed E-state index contributed by atoms with van der Waals surface area (Å²) in [6.07, 6.45) is 5.67. The number of nitrogens with zero attached hydrogens (tertiary/aromatic N) is 5. The van der Waals surface area contributed by atoms with Crippen LogP contribution in [0.3, 0.4) is 0 Å². The number of hydrogen-bond donors (Lipinski definition) is 0. The van der Waals surface area contributed by atoms with Crippen LogP contribution in [0.1, 0.15) is 0 Å². The first kappa shape index (κ1) is 25.1. The van der Waals surface area contributed by atoms with Crippen molar-refractivity contribution in [1.29, 1.82) is 0 Å². The maximum atomic E-state index is 4.92. The van der Waals surface area contributed by atoms with E-state index in [-0.39, 0.29) is 0 Å². The zero-order valence-electron chi connectivity index (χ0n) is 22.9. The summed E-state index contributed by atoms with van der Waals surface area (Å²) in [5.74, 6) is 1.93. The van der Waals surface area contributed by atoms with Crippen LogP contribution in [0, 0.1) is 0 Å². The second-order valence-electron chi connectivity index (χ2n) is 10.2. The van der Waals surface area contributed by atoms with Crippen molar-refractivity contribution >= 4 is 31.5 Å². The van der Waals surface area contributed by atoms with Gasteiger partial charge in [0.05, 0.1) is 10.4 Å². The first-order chi connectivity index (χ1) is 21.3. The molecule has 0 aliphatic heterocycles. The van der Waals surface area contributed by atoms with Crippen molar-refractivity contribution in [3.63, 3.8) is 0 Å². The van der Waals surface area contributed by atoms with Crippen LogP contribution in [-0.2, 0) is 0 Å². The SMILES string of the molecule is c1ccc(-c2nc(-c3ccccc3)nc(-c3cccc(-c4cccc(-c5nccc6c5sc5ccncc56)c4)c3)n2)cc1. The standard InChI is InChI=1S/C37H23N5S/c1-3-9-24(10-4-1)35-40-36(25-11-5-2-6-12-25)42-37(41-35)29-16-8-14-27(22-29)26-13-7-15-28(21-26)33-34-30(17-20-39-33)31-23-38-19-18-32(31)43-34/h1-23H. The Morgan fingerprint density at radius 1 is 0.442 bits per heavy atom. The lowest BCUT2D eigenvalue weighted by Gasteiger charge is -2.10. The van der Waals surface area contributed by atoms with Gasteiger partial charge in [0.1, 0.15) is 0 Å². The van der Waals surface area contributed by atoms with E-state index in [0.29, 0.717) is 17.5 Å². The minimum Gasteiger partial charge on any atom is -0.264 e. The van der Waals surface area contributed by atoms with Gasteiger partial charge >= 0.3 is 0 Å². The molecule has 43 heavy (non-hydrogen) atoms. The first-order valence-corrected chi connectivity index (χ1v) is 14.8. The molecule has 0 fully saturated rings. The number of fused-ring (bicyclic) bond motifs is 3. The molecule has 0 aliphatic carbocycles. The van der Waals surface area contributed by atoms with Crippen molar-refractivity contribution in [1.82, 2.24) is 24.9 Å². The van der Waals surface area contributed by atoms with Crippen molar-refractivity contribution in [2.24, 2.45) is 0 Å². The number of pyridine rings is 2. The van der Waals surface area contributed by atoms with Gasteiger partial charge in [-0.15, -0.1) is 11.3 Å². The van der Waals surface area contributed by atoms with E-state index in [1.54, 1.807) is 11.3 Å².